The van der Waals surface area contributed by atoms with E-state index >= 15 is 0 Å². The number of imidazole rings is 1. The minimum absolute atomic E-state index is 0.0158. The van der Waals surface area contributed by atoms with E-state index in [-0.39, 0.29) is 17.3 Å². The first kappa shape index (κ1) is 16.0. The number of carbonyl (C=O) groups is 1. The number of carboxylic acid groups (broad SMARTS) is 1. The maximum Gasteiger partial charge on any atom is 0.313 e. The summed E-state index contributed by atoms with van der Waals surface area (Å²) >= 11 is 1.24. The molecule has 0 bridgehead atoms. The molecular formula is C13H22N2O3S. The average Bonchev–Trinajstić information content (AvgIpc) is 2.68. The lowest BCUT2D eigenvalue weighted by molar-refractivity contribution is -0.133. The van der Waals surface area contributed by atoms with Crippen LogP contribution in [-0.4, -0.2) is 39.6 Å². The molecule has 1 heterocycles. The molecule has 0 amide bonds. The lowest BCUT2D eigenvalue weighted by Gasteiger charge is -2.23. The highest BCUT2D eigenvalue weighted by atomic mass is 32.2. The third-order valence-electron chi connectivity index (χ3n) is 2.75. The van der Waals surface area contributed by atoms with Crippen molar-refractivity contribution in [3.8, 4) is 0 Å². The quantitative estimate of drug-likeness (QED) is 0.813. The summed E-state index contributed by atoms with van der Waals surface area (Å²) in [5.74, 6) is -0.821. The van der Waals surface area contributed by atoms with E-state index < -0.39 is 5.97 Å². The Morgan fingerprint density at radius 3 is 2.68 bits per heavy atom. The fourth-order valence-corrected chi connectivity index (χ4v) is 2.42. The van der Waals surface area contributed by atoms with Crippen molar-refractivity contribution in [3.05, 3.63) is 11.9 Å². The van der Waals surface area contributed by atoms with Crippen molar-refractivity contribution in [1.29, 1.82) is 0 Å². The molecule has 0 aromatic carbocycles. The summed E-state index contributed by atoms with van der Waals surface area (Å²) < 4.78 is 7.35. The zero-order valence-corrected chi connectivity index (χ0v) is 13.0. The summed E-state index contributed by atoms with van der Waals surface area (Å²) in [5, 5.41) is 9.51. The van der Waals surface area contributed by atoms with E-state index in [1.165, 1.54) is 11.8 Å². The van der Waals surface area contributed by atoms with Gasteiger partial charge in [0, 0.05) is 24.4 Å². The number of aromatic nitrogens is 2. The number of carboxylic acids is 1. The third-order valence-corrected chi connectivity index (χ3v) is 3.73. The lowest BCUT2D eigenvalue weighted by Crippen LogP contribution is -2.23. The molecule has 0 radical (unpaired) electrons. The van der Waals surface area contributed by atoms with Crippen LogP contribution in [0.2, 0.25) is 0 Å². The molecule has 1 N–H and O–H groups in total. The fraction of sp³-hybridized carbons (Fsp3) is 0.692. The van der Waals surface area contributed by atoms with Gasteiger partial charge in [0.05, 0.1) is 18.4 Å². The van der Waals surface area contributed by atoms with Crippen LogP contribution in [0.3, 0.4) is 0 Å². The molecule has 0 aliphatic rings. The summed E-state index contributed by atoms with van der Waals surface area (Å²) in [6.45, 7) is 9.00. The summed E-state index contributed by atoms with van der Waals surface area (Å²) in [4.78, 5) is 15.0. The van der Waals surface area contributed by atoms with E-state index in [9.17, 15) is 4.79 Å². The van der Waals surface area contributed by atoms with Gasteiger partial charge in [-0.25, -0.2) is 4.98 Å². The molecule has 19 heavy (non-hydrogen) atoms. The van der Waals surface area contributed by atoms with Gasteiger partial charge in [-0.1, -0.05) is 32.5 Å². The number of methoxy groups -OCH3 is 1. The van der Waals surface area contributed by atoms with Crippen LogP contribution in [0, 0.1) is 0 Å². The van der Waals surface area contributed by atoms with E-state index in [1.807, 2.05) is 13.1 Å². The Balaban J connectivity index is 3.03. The SMILES string of the molecule is COC(C)Cn1c(C(C)(C)C)cnc1SCC(=O)O. The van der Waals surface area contributed by atoms with E-state index in [4.69, 9.17) is 9.84 Å². The van der Waals surface area contributed by atoms with Crippen molar-refractivity contribution in [3.63, 3.8) is 0 Å². The first-order valence-corrected chi connectivity index (χ1v) is 7.17. The number of rotatable bonds is 6. The van der Waals surface area contributed by atoms with Crippen LogP contribution in [-0.2, 0) is 21.5 Å². The van der Waals surface area contributed by atoms with Crippen LogP contribution in [0.5, 0.6) is 0 Å². The first-order valence-electron chi connectivity index (χ1n) is 6.19. The van der Waals surface area contributed by atoms with Crippen LogP contribution in [0.25, 0.3) is 0 Å². The molecule has 1 unspecified atom stereocenters. The average molecular weight is 286 g/mol. The number of thioether (sulfide) groups is 1. The van der Waals surface area contributed by atoms with Gasteiger partial charge < -0.3 is 14.4 Å². The van der Waals surface area contributed by atoms with Crippen molar-refractivity contribution in [1.82, 2.24) is 9.55 Å². The number of hydrogen-bond donors (Lipinski definition) is 1. The van der Waals surface area contributed by atoms with Crippen LogP contribution >= 0.6 is 11.8 Å². The molecule has 108 valence electrons. The smallest absolute Gasteiger partial charge is 0.313 e. The van der Waals surface area contributed by atoms with E-state index in [0.717, 1.165) is 10.9 Å². The molecule has 1 aromatic rings. The minimum Gasteiger partial charge on any atom is -0.481 e. The predicted octanol–water partition coefficient (Wildman–Crippen LogP) is 2.39. The van der Waals surface area contributed by atoms with Gasteiger partial charge in [-0.2, -0.15) is 0 Å². The summed E-state index contributed by atoms with van der Waals surface area (Å²) in [6.07, 6.45) is 1.88. The third kappa shape index (κ3) is 4.54. The van der Waals surface area contributed by atoms with E-state index in [1.54, 1.807) is 7.11 Å². The first-order chi connectivity index (χ1) is 8.75. The van der Waals surface area contributed by atoms with Gasteiger partial charge in [0.15, 0.2) is 5.16 Å². The largest absolute Gasteiger partial charge is 0.481 e. The van der Waals surface area contributed by atoms with Gasteiger partial charge in [0.2, 0.25) is 0 Å². The highest BCUT2D eigenvalue weighted by Gasteiger charge is 2.23. The number of hydrogen-bond acceptors (Lipinski definition) is 4. The van der Waals surface area contributed by atoms with E-state index in [0.29, 0.717) is 6.54 Å². The van der Waals surface area contributed by atoms with Crippen molar-refractivity contribution in [2.24, 2.45) is 0 Å². The standard InChI is InChI=1S/C13H22N2O3S/c1-9(18-5)7-15-10(13(2,3)4)6-14-12(15)19-8-11(16)17/h6,9H,7-8H2,1-5H3,(H,16,17). The number of nitrogens with zero attached hydrogens (tertiary/aromatic N) is 2. The molecule has 0 aliphatic carbocycles. The second-order valence-electron chi connectivity index (χ2n) is 5.52. The second kappa shape index (κ2) is 6.43. The van der Waals surface area contributed by atoms with Crippen molar-refractivity contribution >= 4 is 17.7 Å². The van der Waals surface area contributed by atoms with Crippen molar-refractivity contribution in [2.45, 2.75) is 50.9 Å². The molecule has 0 aliphatic heterocycles. The number of ether oxygens (including phenoxy) is 1. The minimum atomic E-state index is -0.836. The Bertz CT molecular complexity index is 438. The zero-order chi connectivity index (χ0) is 14.6. The molecule has 0 saturated heterocycles. The van der Waals surface area contributed by atoms with Gasteiger partial charge in [0.25, 0.3) is 0 Å². The highest BCUT2D eigenvalue weighted by Crippen LogP contribution is 2.27. The zero-order valence-electron chi connectivity index (χ0n) is 12.1. The van der Waals surface area contributed by atoms with Crippen LogP contribution in [0.1, 0.15) is 33.4 Å². The Kier molecular flexibility index (Phi) is 5.43. The normalized spacial score (nSPS) is 13.5. The van der Waals surface area contributed by atoms with Gasteiger partial charge >= 0.3 is 5.97 Å². The Hall–Kier alpha value is -1.01. The molecule has 1 aromatic heterocycles. The Morgan fingerprint density at radius 1 is 1.58 bits per heavy atom. The molecular weight excluding hydrogens is 264 g/mol. The molecule has 6 heteroatoms. The van der Waals surface area contributed by atoms with Gasteiger partial charge in [0.1, 0.15) is 0 Å². The second-order valence-corrected chi connectivity index (χ2v) is 6.46. The summed E-state index contributed by atoms with van der Waals surface area (Å²) in [7, 11) is 1.67. The molecule has 0 fully saturated rings. The Morgan fingerprint density at radius 2 is 2.21 bits per heavy atom. The lowest BCUT2D eigenvalue weighted by atomic mass is 9.92. The summed E-state index contributed by atoms with van der Waals surface area (Å²) in [5.41, 5.74) is 1.05. The Labute approximate surface area is 118 Å². The highest BCUT2D eigenvalue weighted by molar-refractivity contribution is 7.99. The van der Waals surface area contributed by atoms with Gasteiger partial charge in [-0.3, -0.25) is 4.79 Å². The molecule has 0 saturated carbocycles. The van der Waals surface area contributed by atoms with Crippen LogP contribution < -0.4 is 0 Å². The molecule has 1 atom stereocenters. The van der Waals surface area contributed by atoms with Crippen molar-refractivity contribution < 1.29 is 14.6 Å². The number of aliphatic carboxylic acids is 1. The topological polar surface area (TPSA) is 64.4 Å². The molecule has 5 nitrogen and oxygen atoms in total. The predicted molar refractivity (Wildman–Crippen MR) is 75.8 cm³/mol. The summed E-state index contributed by atoms with van der Waals surface area (Å²) in [6, 6.07) is 0. The monoisotopic (exact) mass is 286 g/mol. The molecule has 0 spiro atoms. The van der Waals surface area contributed by atoms with Crippen LogP contribution in [0.15, 0.2) is 11.4 Å². The van der Waals surface area contributed by atoms with Gasteiger partial charge in [-0.05, 0) is 6.92 Å². The maximum atomic E-state index is 10.7. The maximum absolute atomic E-state index is 10.7. The molecule has 1 rings (SSSR count). The van der Waals surface area contributed by atoms with E-state index in [2.05, 4.69) is 30.3 Å². The van der Waals surface area contributed by atoms with Gasteiger partial charge in [-0.15, -0.1) is 0 Å². The van der Waals surface area contributed by atoms with Crippen LogP contribution in [0.4, 0.5) is 0 Å². The van der Waals surface area contributed by atoms with Crippen molar-refractivity contribution in [2.75, 3.05) is 12.9 Å². The fourth-order valence-electron chi connectivity index (χ4n) is 1.71.